The molecule has 2 unspecified atom stereocenters. The van der Waals surface area contributed by atoms with Gasteiger partial charge in [0.05, 0.1) is 4.47 Å². The van der Waals surface area contributed by atoms with Crippen molar-refractivity contribution in [2.45, 2.75) is 39.3 Å². The topological polar surface area (TPSA) is 29.3 Å². The molecule has 19 heavy (non-hydrogen) atoms. The van der Waals surface area contributed by atoms with E-state index in [1.807, 2.05) is 12.1 Å². The summed E-state index contributed by atoms with van der Waals surface area (Å²) in [4.78, 5) is 2.25. The monoisotopic (exact) mass is 330 g/mol. The van der Waals surface area contributed by atoms with Crippen molar-refractivity contribution in [2.75, 3.05) is 13.6 Å². The lowest BCUT2D eigenvalue weighted by Crippen LogP contribution is -2.32. The molecule has 2 nitrogen and oxygen atoms in total. The molecule has 0 aliphatic carbocycles. The summed E-state index contributed by atoms with van der Waals surface area (Å²) in [6, 6.07) is 5.66. The fraction of sp³-hybridized carbons (Fsp3) is 0.600. The van der Waals surface area contributed by atoms with Gasteiger partial charge < -0.3 is 5.73 Å². The van der Waals surface area contributed by atoms with Crippen LogP contribution in [-0.4, -0.2) is 24.5 Å². The number of nitrogens with two attached hydrogens (primary N) is 1. The third-order valence-corrected chi connectivity index (χ3v) is 4.37. The second-order valence-electron chi connectivity index (χ2n) is 5.53. The van der Waals surface area contributed by atoms with Crippen LogP contribution < -0.4 is 5.73 Å². The van der Waals surface area contributed by atoms with E-state index < -0.39 is 0 Å². The van der Waals surface area contributed by atoms with Crippen molar-refractivity contribution in [1.82, 2.24) is 4.90 Å². The zero-order valence-electron chi connectivity index (χ0n) is 12.2. The van der Waals surface area contributed by atoms with Gasteiger partial charge in [-0.1, -0.05) is 19.9 Å². The molecule has 1 rings (SSSR count). The van der Waals surface area contributed by atoms with Crippen LogP contribution in [0.2, 0.25) is 0 Å². The van der Waals surface area contributed by atoms with E-state index in [1.165, 1.54) is 6.07 Å². The summed E-state index contributed by atoms with van der Waals surface area (Å²) in [5, 5.41) is 0. The summed E-state index contributed by atoms with van der Waals surface area (Å²) in [7, 11) is 2.08. The maximum absolute atomic E-state index is 13.2. The van der Waals surface area contributed by atoms with Gasteiger partial charge in [-0.05, 0) is 66.5 Å². The molecule has 2 N–H and O–H groups in total. The SMILES string of the molecule is CC(C)C(N)CCN(C)C(C)c1ccc(F)c(Br)c1. The first kappa shape index (κ1) is 16.6. The molecule has 0 bridgehead atoms. The van der Waals surface area contributed by atoms with Crippen LogP contribution in [0.25, 0.3) is 0 Å². The van der Waals surface area contributed by atoms with Gasteiger partial charge >= 0.3 is 0 Å². The van der Waals surface area contributed by atoms with Crippen molar-refractivity contribution in [2.24, 2.45) is 11.7 Å². The predicted octanol–water partition coefficient (Wildman–Crippen LogP) is 3.95. The van der Waals surface area contributed by atoms with Gasteiger partial charge in [0.25, 0.3) is 0 Å². The van der Waals surface area contributed by atoms with Crippen LogP contribution in [-0.2, 0) is 0 Å². The first-order valence-electron chi connectivity index (χ1n) is 6.73. The van der Waals surface area contributed by atoms with E-state index in [2.05, 4.69) is 48.6 Å². The van der Waals surface area contributed by atoms with Gasteiger partial charge in [-0.2, -0.15) is 0 Å². The molecule has 0 aliphatic heterocycles. The van der Waals surface area contributed by atoms with Gasteiger partial charge in [0.1, 0.15) is 5.82 Å². The molecule has 0 aromatic heterocycles. The van der Waals surface area contributed by atoms with Crippen LogP contribution in [0.15, 0.2) is 22.7 Å². The molecule has 1 aromatic rings. The zero-order chi connectivity index (χ0) is 14.6. The minimum atomic E-state index is -0.222. The van der Waals surface area contributed by atoms with E-state index in [0.29, 0.717) is 10.4 Å². The normalized spacial score (nSPS) is 15.0. The van der Waals surface area contributed by atoms with Gasteiger partial charge in [0.2, 0.25) is 0 Å². The maximum Gasteiger partial charge on any atom is 0.137 e. The predicted molar refractivity (Wildman–Crippen MR) is 82.6 cm³/mol. The second-order valence-corrected chi connectivity index (χ2v) is 6.38. The molecule has 0 aliphatic rings. The minimum absolute atomic E-state index is 0.222. The summed E-state index contributed by atoms with van der Waals surface area (Å²) in [5.41, 5.74) is 7.17. The summed E-state index contributed by atoms with van der Waals surface area (Å²) in [5.74, 6) is 0.282. The van der Waals surface area contributed by atoms with Crippen LogP contribution in [0.3, 0.4) is 0 Å². The average molecular weight is 331 g/mol. The fourth-order valence-electron chi connectivity index (χ4n) is 1.91. The largest absolute Gasteiger partial charge is 0.327 e. The first-order chi connectivity index (χ1) is 8.82. The summed E-state index contributed by atoms with van der Waals surface area (Å²) >= 11 is 3.23. The quantitative estimate of drug-likeness (QED) is 0.855. The van der Waals surface area contributed by atoms with E-state index >= 15 is 0 Å². The number of hydrogen-bond donors (Lipinski definition) is 1. The number of halogens is 2. The Balaban J connectivity index is 2.61. The molecule has 0 saturated carbocycles. The van der Waals surface area contributed by atoms with Crippen LogP contribution in [0, 0.1) is 11.7 Å². The van der Waals surface area contributed by atoms with Gasteiger partial charge in [0, 0.05) is 12.1 Å². The average Bonchev–Trinajstić information content (AvgIpc) is 2.37. The summed E-state index contributed by atoms with van der Waals surface area (Å²) in [6.45, 7) is 7.35. The molecule has 0 saturated heterocycles. The molecule has 2 atom stereocenters. The lowest BCUT2D eigenvalue weighted by molar-refractivity contribution is 0.243. The lowest BCUT2D eigenvalue weighted by Gasteiger charge is -2.27. The molecule has 4 heteroatoms. The third kappa shape index (κ3) is 4.86. The smallest absolute Gasteiger partial charge is 0.137 e. The molecule has 0 fully saturated rings. The third-order valence-electron chi connectivity index (χ3n) is 3.76. The Kier molecular flexibility index (Phi) is 6.43. The lowest BCUT2D eigenvalue weighted by atomic mass is 10.0. The van der Waals surface area contributed by atoms with Crippen molar-refractivity contribution in [3.05, 3.63) is 34.1 Å². The van der Waals surface area contributed by atoms with E-state index in [9.17, 15) is 4.39 Å². The number of hydrogen-bond acceptors (Lipinski definition) is 2. The maximum atomic E-state index is 13.2. The Morgan fingerprint density at radius 1 is 1.32 bits per heavy atom. The zero-order valence-corrected chi connectivity index (χ0v) is 13.7. The second kappa shape index (κ2) is 7.36. The van der Waals surface area contributed by atoms with Gasteiger partial charge in [0.15, 0.2) is 0 Å². The van der Waals surface area contributed by atoms with Crippen molar-refractivity contribution in [1.29, 1.82) is 0 Å². The Hall–Kier alpha value is -0.450. The van der Waals surface area contributed by atoms with E-state index in [4.69, 9.17) is 5.73 Å². The first-order valence-corrected chi connectivity index (χ1v) is 7.53. The molecular formula is C15H24BrFN2. The molecular weight excluding hydrogens is 307 g/mol. The minimum Gasteiger partial charge on any atom is -0.327 e. The van der Waals surface area contributed by atoms with Gasteiger partial charge in [-0.15, -0.1) is 0 Å². The Morgan fingerprint density at radius 3 is 2.47 bits per heavy atom. The number of nitrogens with zero attached hydrogens (tertiary/aromatic N) is 1. The fourth-order valence-corrected chi connectivity index (χ4v) is 2.30. The Labute approximate surface area is 124 Å². The number of rotatable bonds is 6. The molecule has 108 valence electrons. The van der Waals surface area contributed by atoms with E-state index in [1.54, 1.807) is 0 Å². The van der Waals surface area contributed by atoms with Gasteiger partial charge in [-0.25, -0.2) is 4.39 Å². The van der Waals surface area contributed by atoms with E-state index in [0.717, 1.165) is 18.5 Å². The van der Waals surface area contributed by atoms with Crippen LogP contribution in [0.5, 0.6) is 0 Å². The van der Waals surface area contributed by atoms with Crippen LogP contribution in [0.1, 0.15) is 38.8 Å². The standard InChI is InChI=1S/C15H24BrFN2/c1-10(2)15(18)7-8-19(4)11(3)12-5-6-14(17)13(16)9-12/h5-6,9-11,15H,7-8,18H2,1-4H3. The molecule has 0 radical (unpaired) electrons. The van der Waals surface area contributed by atoms with Crippen LogP contribution in [0.4, 0.5) is 4.39 Å². The van der Waals surface area contributed by atoms with Gasteiger partial charge in [-0.3, -0.25) is 4.90 Å². The van der Waals surface area contributed by atoms with Crippen molar-refractivity contribution >= 4 is 15.9 Å². The highest BCUT2D eigenvalue weighted by molar-refractivity contribution is 9.10. The molecule has 0 heterocycles. The number of benzene rings is 1. The van der Waals surface area contributed by atoms with Crippen LogP contribution >= 0.6 is 15.9 Å². The Bertz CT molecular complexity index is 409. The highest BCUT2D eigenvalue weighted by Crippen LogP contribution is 2.24. The van der Waals surface area contributed by atoms with Crippen molar-refractivity contribution in [3.8, 4) is 0 Å². The molecule has 1 aromatic carbocycles. The van der Waals surface area contributed by atoms with Crippen molar-refractivity contribution < 1.29 is 4.39 Å². The molecule has 0 amide bonds. The highest BCUT2D eigenvalue weighted by atomic mass is 79.9. The Morgan fingerprint density at radius 2 is 1.95 bits per heavy atom. The summed E-state index contributed by atoms with van der Waals surface area (Å²) < 4.78 is 13.7. The highest BCUT2D eigenvalue weighted by Gasteiger charge is 2.15. The van der Waals surface area contributed by atoms with Crippen molar-refractivity contribution in [3.63, 3.8) is 0 Å². The summed E-state index contributed by atoms with van der Waals surface area (Å²) in [6.07, 6.45) is 0.973. The molecule has 0 spiro atoms. The van der Waals surface area contributed by atoms with E-state index in [-0.39, 0.29) is 17.9 Å².